The first kappa shape index (κ1) is 10.2. The Balaban J connectivity index is 2.33. The van der Waals surface area contributed by atoms with Crippen LogP contribution in [0, 0.1) is 11.3 Å². The van der Waals surface area contributed by atoms with Crippen molar-refractivity contribution < 1.29 is 0 Å². The first-order valence-corrected chi connectivity index (χ1v) is 5.39. The molecule has 1 fully saturated rings. The van der Waals surface area contributed by atoms with Crippen LogP contribution in [0.15, 0.2) is 23.9 Å². The number of halogens is 1. The van der Waals surface area contributed by atoms with Gasteiger partial charge in [0, 0.05) is 6.20 Å². The van der Waals surface area contributed by atoms with Gasteiger partial charge in [0.15, 0.2) is 0 Å². The molecule has 0 amide bonds. The highest BCUT2D eigenvalue weighted by molar-refractivity contribution is 6.29. The summed E-state index contributed by atoms with van der Waals surface area (Å²) in [5.41, 5.74) is 3.59. The summed E-state index contributed by atoms with van der Waals surface area (Å²) in [6, 6.07) is 5.92. The van der Waals surface area contributed by atoms with E-state index in [-0.39, 0.29) is 0 Å². The first-order valence-electron chi connectivity index (χ1n) is 5.01. The van der Waals surface area contributed by atoms with E-state index >= 15 is 0 Å². The van der Waals surface area contributed by atoms with Gasteiger partial charge in [-0.25, -0.2) is 4.98 Å². The lowest BCUT2D eigenvalue weighted by molar-refractivity contribution is 0.664. The molecule has 0 saturated heterocycles. The van der Waals surface area contributed by atoms with Crippen molar-refractivity contribution >= 4 is 17.2 Å². The van der Waals surface area contributed by atoms with Gasteiger partial charge in [0.05, 0.1) is 12.5 Å². The molecular formula is C12H11ClN2. The maximum atomic E-state index is 8.79. The molecule has 0 unspecified atom stereocenters. The van der Waals surface area contributed by atoms with E-state index in [4.69, 9.17) is 16.9 Å². The van der Waals surface area contributed by atoms with Crippen molar-refractivity contribution in [3.8, 4) is 6.07 Å². The van der Waals surface area contributed by atoms with Crippen LogP contribution in [0.25, 0.3) is 5.57 Å². The van der Waals surface area contributed by atoms with Gasteiger partial charge in [-0.3, -0.25) is 0 Å². The Bertz CT molecular complexity index is 420. The van der Waals surface area contributed by atoms with Gasteiger partial charge in [0.25, 0.3) is 0 Å². The minimum Gasteiger partial charge on any atom is -0.244 e. The molecule has 2 nitrogen and oxygen atoms in total. The third-order valence-corrected chi connectivity index (χ3v) is 2.94. The van der Waals surface area contributed by atoms with E-state index in [0.29, 0.717) is 11.6 Å². The molecule has 0 radical (unpaired) electrons. The van der Waals surface area contributed by atoms with Crippen LogP contribution in [-0.4, -0.2) is 4.98 Å². The average molecular weight is 219 g/mol. The largest absolute Gasteiger partial charge is 0.244 e. The number of pyridine rings is 1. The number of allylic oxidation sites excluding steroid dienone is 2. The molecule has 1 aliphatic rings. The molecule has 0 spiro atoms. The number of hydrogen-bond acceptors (Lipinski definition) is 2. The van der Waals surface area contributed by atoms with Gasteiger partial charge in [-0.15, -0.1) is 0 Å². The molecule has 0 bridgehead atoms. The number of aromatic nitrogens is 1. The van der Waals surface area contributed by atoms with E-state index < -0.39 is 0 Å². The van der Waals surface area contributed by atoms with Crippen molar-refractivity contribution in [1.29, 1.82) is 5.26 Å². The molecule has 0 aliphatic heterocycles. The van der Waals surface area contributed by atoms with Crippen LogP contribution < -0.4 is 0 Å². The summed E-state index contributed by atoms with van der Waals surface area (Å²) >= 11 is 5.73. The summed E-state index contributed by atoms with van der Waals surface area (Å²) in [5, 5.41) is 9.28. The summed E-state index contributed by atoms with van der Waals surface area (Å²) in [6.07, 6.45) is 5.71. The molecule has 2 rings (SSSR count). The summed E-state index contributed by atoms with van der Waals surface area (Å²) in [6.45, 7) is 0. The Hall–Kier alpha value is -1.33. The summed E-state index contributed by atoms with van der Waals surface area (Å²) in [7, 11) is 0. The van der Waals surface area contributed by atoms with Crippen LogP contribution in [0.5, 0.6) is 0 Å². The van der Waals surface area contributed by atoms with Crippen LogP contribution in [-0.2, 0) is 0 Å². The maximum absolute atomic E-state index is 8.79. The lowest BCUT2D eigenvalue weighted by atomic mass is 9.84. The van der Waals surface area contributed by atoms with Gasteiger partial charge in [0.2, 0.25) is 0 Å². The Morgan fingerprint density at radius 2 is 2.27 bits per heavy atom. The highest BCUT2D eigenvalue weighted by Gasteiger charge is 2.15. The summed E-state index contributed by atoms with van der Waals surface area (Å²) in [4.78, 5) is 4.04. The number of hydrogen-bond donors (Lipinski definition) is 0. The quantitative estimate of drug-likeness (QED) is 0.712. The third kappa shape index (κ3) is 2.19. The predicted octanol–water partition coefficient (Wildman–Crippen LogP) is 3.59. The van der Waals surface area contributed by atoms with Crippen LogP contribution in [0.4, 0.5) is 0 Å². The van der Waals surface area contributed by atoms with Crippen molar-refractivity contribution in [3.63, 3.8) is 0 Å². The van der Waals surface area contributed by atoms with Gasteiger partial charge < -0.3 is 0 Å². The fourth-order valence-electron chi connectivity index (χ4n) is 1.72. The Morgan fingerprint density at radius 1 is 1.47 bits per heavy atom. The fraction of sp³-hybridized carbons (Fsp3) is 0.333. The van der Waals surface area contributed by atoms with Gasteiger partial charge >= 0.3 is 0 Å². The minimum atomic E-state index is 0.471. The molecule has 1 aromatic rings. The van der Waals surface area contributed by atoms with E-state index in [0.717, 1.165) is 24.0 Å². The Labute approximate surface area is 94.2 Å². The Kier molecular flexibility index (Phi) is 3.03. The predicted molar refractivity (Wildman–Crippen MR) is 60.2 cm³/mol. The lowest BCUT2D eigenvalue weighted by Crippen LogP contribution is -2.01. The normalized spacial score (nSPS) is 14.3. The highest BCUT2D eigenvalue weighted by Crippen LogP contribution is 2.35. The maximum Gasteiger partial charge on any atom is 0.129 e. The zero-order valence-corrected chi connectivity index (χ0v) is 9.09. The second-order valence-electron chi connectivity index (χ2n) is 3.64. The smallest absolute Gasteiger partial charge is 0.129 e. The van der Waals surface area contributed by atoms with E-state index in [9.17, 15) is 0 Å². The van der Waals surface area contributed by atoms with Crippen LogP contribution >= 0.6 is 11.6 Å². The van der Waals surface area contributed by atoms with Crippen LogP contribution in [0.2, 0.25) is 5.15 Å². The second kappa shape index (κ2) is 4.46. The summed E-state index contributed by atoms with van der Waals surface area (Å²) in [5.74, 6) is 0. The number of rotatable bonds is 2. The van der Waals surface area contributed by atoms with Crippen molar-refractivity contribution in [2.45, 2.75) is 25.7 Å². The molecule has 0 aromatic carbocycles. The topological polar surface area (TPSA) is 36.7 Å². The molecule has 0 N–H and O–H groups in total. The molecule has 1 aromatic heterocycles. The van der Waals surface area contributed by atoms with E-state index in [2.05, 4.69) is 11.1 Å². The Morgan fingerprint density at radius 3 is 2.73 bits per heavy atom. The molecular weight excluding hydrogens is 208 g/mol. The van der Waals surface area contributed by atoms with Crippen LogP contribution in [0.1, 0.15) is 31.2 Å². The standard InChI is InChI=1S/C12H11ClN2/c13-12-5-4-10(8-15-12)11(6-7-14)9-2-1-3-9/h4-5,8H,1-3,6H2. The van der Waals surface area contributed by atoms with Crippen molar-refractivity contribution in [1.82, 2.24) is 4.98 Å². The molecule has 0 atom stereocenters. The second-order valence-corrected chi connectivity index (χ2v) is 4.03. The van der Waals surface area contributed by atoms with Gasteiger partial charge in [-0.2, -0.15) is 5.26 Å². The molecule has 76 valence electrons. The SMILES string of the molecule is N#CCC(=C1CCC1)c1ccc(Cl)nc1. The van der Waals surface area contributed by atoms with E-state index in [1.807, 2.05) is 6.07 Å². The molecule has 15 heavy (non-hydrogen) atoms. The fourth-order valence-corrected chi connectivity index (χ4v) is 1.83. The van der Waals surface area contributed by atoms with Gasteiger partial charge in [-0.05, 0) is 36.5 Å². The molecule has 1 saturated carbocycles. The first-order chi connectivity index (χ1) is 7.31. The zero-order chi connectivity index (χ0) is 10.7. The molecule has 1 heterocycles. The van der Waals surface area contributed by atoms with E-state index in [1.165, 1.54) is 12.0 Å². The average Bonchev–Trinajstić information content (AvgIpc) is 2.16. The van der Waals surface area contributed by atoms with E-state index in [1.54, 1.807) is 12.3 Å². The van der Waals surface area contributed by atoms with Crippen molar-refractivity contribution in [2.75, 3.05) is 0 Å². The van der Waals surface area contributed by atoms with Crippen molar-refractivity contribution in [3.05, 3.63) is 34.6 Å². The third-order valence-electron chi connectivity index (χ3n) is 2.72. The minimum absolute atomic E-state index is 0.471. The number of nitrogens with zero attached hydrogens (tertiary/aromatic N) is 2. The van der Waals surface area contributed by atoms with Crippen LogP contribution in [0.3, 0.4) is 0 Å². The zero-order valence-electron chi connectivity index (χ0n) is 8.33. The van der Waals surface area contributed by atoms with Crippen molar-refractivity contribution in [2.24, 2.45) is 0 Å². The summed E-state index contributed by atoms with van der Waals surface area (Å²) < 4.78 is 0. The van der Waals surface area contributed by atoms with Gasteiger partial charge in [-0.1, -0.05) is 23.2 Å². The highest BCUT2D eigenvalue weighted by atomic mass is 35.5. The lowest BCUT2D eigenvalue weighted by Gasteiger charge is -2.21. The van der Waals surface area contributed by atoms with Gasteiger partial charge in [0.1, 0.15) is 5.15 Å². The molecule has 1 aliphatic carbocycles. The monoisotopic (exact) mass is 218 g/mol. The number of nitriles is 1. The molecule has 3 heteroatoms.